The molecule has 108 valence electrons. The van der Waals surface area contributed by atoms with E-state index in [1.165, 1.54) is 64.2 Å². The molecule has 0 saturated carbocycles. The zero-order chi connectivity index (χ0) is 13.6. The minimum atomic E-state index is 0.812. The van der Waals surface area contributed by atoms with Gasteiger partial charge in [-0.1, -0.05) is 84.8 Å². The number of hydrogen-bond acceptors (Lipinski definition) is 0. The van der Waals surface area contributed by atoms with Gasteiger partial charge in [0.2, 0.25) is 0 Å². The van der Waals surface area contributed by atoms with E-state index >= 15 is 0 Å². The van der Waals surface area contributed by atoms with Crippen molar-refractivity contribution < 1.29 is 0 Å². The van der Waals surface area contributed by atoms with Crippen molar-refractivity contribution in [2.24, 2.45) is 11.8 Å². The Kier molecular flexibility index (Phi) is 13.0. The molecule has 0 heterocycles. The molecule has 0 aromatic heterocycles. The first-order chi connectivity index (χ1) is 8.63. The molecular weight excluding hydrogens is 216 g/mol. The fourth-order valence-electron chi connectivity index (χ4n) is 2.18. The van der Waals surface area contributed by atoms with E-state index in [0.717, 1.165) is 11.8 Å². The maximum Gasteiger partial charge on any atom is -0.0327 e. The first-order valence-electron chi connectivity index (χ1n) is 8.28. The Balaban J connectivity index is 3.05. The van der Waals surface area contributed by atoms with Crippen LogP contribution >= 0.6 is 0 Å². The van der Waals surface area contributed by atoms with Gasteiger partial charge in [-0.2, -0.15) is 0 Å². The van der Waals surface area contributed by atoms with Crippen LogP contribution in [0.2, 0.25) is 0 Å². The van der Waals surface area contributed by atoms with Gasteiger partial charge in [0.05, 0.1) is 0 Å². The Morgan fingerprint density at radius 1 is 0.611 bits per heavy atom. The Hall–Kier alpha value is -0.260. The number of hydrogen-bond donors (Lipinski definition) is 0. The van der Waals surface area contributed by atoms with E-state index in [1.54, 1.807) is 0 Å². The van der Waals surface area contributed by atoms with Crippen molar-refractivity contribution in [3.05, 3.63) is 12.2 Å². The van der Waals surface area contributed by atoms with Gasteiger partial charge in [0, 0.05) is 0 Å². The van der Waals surface area contributed by atoms with Crippen molar-refractivity contribution in [2.45, 2.75) is 91.9 Å². The SMILES string of the molecule is CC(C)C/C=C\CCCCCCCCCC(C)C. The van der Waals surface area contributed by atoms with Crippen molar-refractivity contribution in [3.63, 3.8) is 0 Å². The fraction of sp³-hybridized carbons (Fsp3) is 0.889. The maximum atomic E-state index is 2.38. The Morgan fingerprint density at radius 3 is 1.72 bits per heavy atom. The first-order valence-corrected chi connectivity index (χ1v) is 8.28. The molecule has 0 bridgehead atoms. The van der Waals surface area contributed by atoms with E-state index in [-0.39, 0.29) is 0 Å². The van der Waals surface area contributed by atoms with Gasteiger partial charge < -0.3 is 0 Å². The molecule has 0 amide bonds. The summed E-state index contributed by atoms with van der Waals surface area (Å²) in [5.41, 5.74) is 0. The standard InChI is InChI=1S/C18H36/c1-17(2)15-13-11-9-7-5-6-8-10-12-14-16-18(3)4/h11,13,17-18H,5-10,12,14-16H2,1-4H3/b13-11-. The van der Waals surface area contributed by atoms with Crippen LogP contribution in [-0.2, 0) is 0 Å². The highest BCUT2D eigenvalue weighted by Gasteiger charge is 1.94. The molecule has 0 fully saturated rings. The second kappa shape index (κ2) is 13.2. The predicted molar refractivity (Wildman–Crippen MR) is 85.0 cm³/mol. The highest BCUT2D eigenvalue weighted by Crippen LogP contribution is 2.12. The second-order valence-corrected chi connectivity index (χ2v) is 6.55. The van der Waals surface area contributed by atoms with Crippen LogP contribution in [0.5, 0.6) is 0 Å². The van der Waals surface area contributed by atoms with E-state index in [1.807, 2.05) is 0 Å². The summed E-state index contributed by atoms with van der Waals surface area (Å²) >= 11 is 0. The van der Waals surface area contributed by atoms with Gasteiger partial charge in [0.25, 0.3) is 0 Å². The van der Waals surface area contributed by atoms with Crippen molar-refractivity contribution >= 4 is 0 Å². The molecule has 0 saturated heterocycles. The molecule has 0 unspecified atom stereocenters. The van der Waals surface area contributed by atoms with Crippen LogP contribution in [0, 0.1) is 11.8 Å². The molecule has 0 heteroatoms. The largest absolute Gasteiger partial charge is 0.0885 e. The van der Waals surface area contributed by atoms with Crippen LogP contribution < -0.4 is 0 Å². The van der Waals surface area contributed by atoms with Crippen molar-refractivity contribution in [1.29, 1.82) is 0 Å². The van der Waals surface area contributed by atoms with Crippen LogP contribution in [0.3, 0.4) is 0 Å². The maximum absolute atomic E-state index is 2.38. The fourth-order valence-corrected chi connectivity index (χ4v) is 2.18. The molecule has 0 nitrogen and oxygen atoms in total. The Morgan fingerprint density at radius 2 is 1.17 bits per heavy atom. The summed E-state index contributed by atoms with van der Waals surface area (Å²) in [4.78, 5) is 0. The molecule has 0 aromatic carbocycles. The molecule has 0 aliphatic carbocycles. The van der Waals surface area contributed by atoms with Crippen molar-refractivity contribution in [1.82, 2.24) is 0 Å². The predicted octanol–water partition coefficient (Wildman–Crippen LogP) is 6.76. The van der Waals surface area contributed by atoms with Crippen LogP contribution in [0.1, 0.15) is 91.9 Å². The normalized spacial score (nSPS) is 12.1. The van der Waals surface area contributed by atoms with Gasteiger partial charge in [-0.25, -0.2) is 0 Å². The number of rotatable bonds is 12. The Labute approximate surface area is 116 Å². The molecule has 0 spiro atoms. The smallest absolute Gasteiger partial charge is 0.0327 e. The van der Waals surface area contributed by atoms with Gasteiger partial charge in [-0.05, 0) is 31.1 Å². The molecule has 0 N–H and O–H groups in total. The van der Waals surface area contributed by atoms with Crippen LogP contribution in [0.15, 0.2) is 12.2 Å². The molecular formula is C18H36. The van der Waals surface area contributed by atoms with Crippen LogP contribution in [-0.4, -0.2) is 0 Å². The van der Waals surface area contributed by atoms with E-state index in [9.17, 15) is 0 Å². The summed E-state index contributed by atoms with van der Waals surface area (Å²) in [5, 5.41) is 0. The third kappa shape index (κ3) is 15.7. The van der Waals surface area contributed by atoms with Gasteiger partial charge in [0.15, 0.2) is 0 Å². The van der Waals surface area contributed by atoms with E-state index in [0.29, 0.717) is 0 Å². The second-order valence-electron chi connectivity index (χ2n) is 6.55. The zero-order valence-corrected chi connectivity index (χ0v) is 13.4. The lowest BCUT2D eigenvalue weighted by Crippen LogP contribution is -1.87. The van der Waals surface area contributed by atoms with Gasteiger partial charge in [-0.3, -0.25) is 0 Å². The van der Waals surface area contributed by atoms with Crippen molar-refractivity contribution in [2.75, 3.05) is 0 Å². The van der Waals surface area contributed by atoms with E-state index in [4.69, 9.17) is 0 Å². The van der Waals surface area contributed by atoms with Gasteiger partial charge >= 0.3 is 0 Å². The third-order valence-corrected chi connectivity index (χ3v) is 3.43. The van der Waals surface area contributed by atoms with Crippen LogP contribution in [0.25, 0.3) is 0 Å². The van der Waals surface area contributed by atoms with Gasteiger partial charge in [-0.15, -0.1) is 0 Å². The van der Waals surface area contributed by atoms with Crippen LogP contribution in [0.4, 0.5) is 0 Å². The average molecular weight is 252 g/mol. The summed E-state index contributed by atoms with van der Waals surface area (Å²) < 4.78 is 0. The summed E-state index contributed by atoms with van der Waals surface area (Å²) in [7, 11) is 0. The van der Waals surface area contributed by atoms with Gasteiger partial charge in [0.1, 0.15) is 0 Å². The lowest BCUT2D eigenvalue weighted by Gasteiger charge is -2.04. The summed E-state index contributed by atoms with van der Waals surface area (Å²) in [5.74, 6) is 1.70. The number of unbranched alkanes of at least 4 members (excludes halogenated alkanes) is 7. The topological polar surface area (TPSA) is 0 Å². The summed E-state index contributed by atoms with van der Waals surface area (Å²) in [6.07, 6.45) is 18.7. The minimum Gasteiger partial charge on any atom is -0.0885 e. The lowest BCUT2D eigenvalue weighted by atomic mass is 10.0. The summed E-state index contributed by atoms with van der Waals surface area (Å²) in [6.45, 7) is 9.22. The number of allylic oxidation sites excluding steroid dienone is 2. The first kappa shape index (κ1) is 17.7. The molecule has 0 radical (unpaired) electrons. The third-order valence-electron chi connectivity index (χ3n) is 3.43. The molecule has 0 aromatic rings. The quantitative estimate of drug-likeness (QED) is 0.266. The average Bonchev–Trinajstić information content (AvgIpc) is 2.29. The zero-order valence-electron chi connectivity index (χ0n) is 13.4. The molecule has 0 rings (SSSR count). The molecule has 0 aliphatic rings. The highest BCUT2D eigenvalue weighted by atomic mass is 14.0. The monoisotopic (exact) mass is 252 g/mol. The summed E-state index contributed by atoms with van der Waals surface area (Å²) in [6, 6.07) is 0. The Bertz CT molecular complexity index is 176. The minimum absolute atomic E-state index is 0.812. The van der Waals surface area contributed by atoms with Crippen molar-refractivity contribution in [3.8, 4) is 0 Å². The molecule has 18 heavy (non-hydrogen) atoms. The highest BCUT2D eigenvalue weighted by molar-refractivity contribution is 4.82. The van der Waals surface area contributed by atoms with E-state index < -0.39 is 0 Å². The molecule has 0 aliphatic heterocycles. The van der Waals surface area contributed by atoms with E-state index in [2.05, 4.69) is 39.8 Å². The molecule has 0 atom stereocenters. The lowest BCUT2D eigenvalue weighted by molar-refractivity contribution is 0.509.